The third-order valence-electron chi connectivity index (χ3n) is 3.17. The Labute approximate surface area is 94.5 Å². The molecule has 2 rings (SSSR count). The average molecular weight is 226 g/mol. The van der Waals surface area contributed by atoms with E-state index in [0.717, 1.165) is 25.7 Å². The predicted octanol–water partition coefficient (Wildman–Crippen LogP) is 1.88. The molecule has 0 amide bonds. The van der Waals surface area contributed by atoms with E-state index < -0.39 is 11.6 Å². The zero-order valence-corrected chi connectivity index (χ0v) is 9.58. The third-order valence-corrected chi connectivity index (χ3v) is 3.17. The summed E-state index contributed by atoms with van der Waals surface area (Å²) in [5, 5.41) is 0. The Morgan fingerprint density at radius 3 is 2.62 bits per heavy atom. The molecule has 1 aromatic rings. The SMILES string of the molecule is CN1CCN(C)C(c2ccc(F)cc2F)C1. The summed E-state index contributed by atoms with van der Waals surface area (Å²) in [6, 6.07) is 3.84. The highest BCUT2D eigenvalue weighted by atomic mass is 19.1. The van der Waals surface area contributed by atoms with Gasteiger partial charge in [0.2, 0.25) is 0 Å². The number of piperazine rings is 1. The molecule has 0 aromatic heterocycles. The van der Waals surface area contributed by atoms with Crippen molar-refractivity contribution < 1.29 is 8.78 Å². The number of likely N-dealkylation sites (N-methyl/N-ethyl adjacent to an activating group) is 2. The van der Waals surface area contributed by atoms with Crippen LogP contribution in [0.4, 0.5) is 8.78 Å². The monoisotopic (exact) mass is 226 g/mol. The maximum Gasteiger partial charge on any atom is 0.130 e. The van der Waals surface area contributed by atoms with Gasteiger partial charge in [-0.15, -0.1) is 0 Å². The lowest BCUT2D eigenvalue weighted by Crippen LogP contribution is -2.45. The molecule has 1 atom stereocenters. The van der Waals surface area contributed by atoms with E-state index in [-0.39, 0.29) is 6.04 Å². The molecule has 2 nitrogen and oxygen atoms in total. The Bertz CT molecular complexity index is 381. The summed E-state index contributed by atoms with van der Waals surface area (Å²) in [5.74, 6) is -0.972. The van der Waals surface area contributed by atoms with Gasteiger partial charge in [-0.25, -0.2) is 8.78 Å². The minimum Gasteiger partial charge on any atom is -0.303 e. The minimum atomic E-state index is -0.520. The zero-order valence-electron chi connectivity index (χ0n) is 9.58. The molecule has 0 N–H and O–H groups in total. The molecule has 1 aromatic carbocycles. The van der Waals surface area contributed by atoms with E-state index in [1.165, 1.54) is 6.07 Å². The lowest BCUT2D eigenvalue weighted by molar-refractivity contribution is 0.112. The molecule has 0 spiro atoms. The van der Waals surface area contributed by atoms with Crippen molar-refractivity contribution in [3.8, 4) is 0 Å². The molecule has 0 bridgehead atoms. The van der Waals surface area contributed by atoms with E-state index in [9.17, 15) is 8.78 Å². The van der Waals surface area contributed by atoms with Crippen LogP contribution in [0.25, 0.3) is 0 Å². The standard InChI is InChI=1S/C12H16F2N2/c1-15-5-6-16(2)12(8-15)10-4-3-9(13)7-11(10)14/h3-4,7,12H,5-6,8H2,1-2H3. The highest BCUT2D eigenvalue weighted by Crippen LogP contribution is 2.25. The van der Waals surface area contributed by atoms with Crippen LogP contribution < -0.4 is 0 Å². The molecule has 0 saturated carbocycles. The van der Waals surface area contributed by atoms with Crippen molar-refractivity contribution in [1.82, 2.24) is 9.80 Å². The van der Waals surface area contributed by atoms with Crippen molar-refractivity contribution in [3.63, 3.8) is 0 Å². The topological polar surface area (TPSA) is 6.48 Å². The van der Waals surface area contributed by atoms with E-state index in [1.807, 2.05) is 14.1 Å². The molecule has 0 radical (unpaired) electrons. The van der Waals surface area contributed by atoms with Gasteiger partial charge in [-0.3, -0.25) is 4.90 Å². The Morgan fingerprint density at radius 2 is 1.94 bits per heavy atom. The highest BCUT2D eigenvalue weighted by molar-refractivity contribution is 5.23. The largest absolute Gasteiger partial charge is 0.303 e. The van der Waals surface area contributed by atoms with E-state index in [0.29, 0.717) is 5.56 Å². The van der Waals surface area contributed by atoms with Crippen LogP contribution in [-0.2, 0) is 0 Å². The van der Waals surface area contributed by atoms with E-state index >= 15 is 0 Å². The Morgan fingerprint density at radius 1 is 1.19 bits per heavy atom. The molecule has 1 unspecified atom stereocenters. The quantitative estimate of drug-likeness (QED) is 0.721. The van der Waals surface area contributed by atoms with Gasteiger partial charge in [-0.2, -0.15) is 0 Å². The van der Waals surface area contributed by atoms with Gasteiger partial charge < -0.3 is 4.90 Å². The molecular weight excluding hydrogens is 210 g/mol. The average Bonchev–Trinajstić information content (AvgIpc) is 2.22. The van der Waals surface area contributed by atoms with Crippen LogP contribution in [0, 0.1) is 11.6 Å². The lowest BCUT2D eigenvalue weighted by Gasteiger charge is -2.38. The number of rotatable bonds is 1. The third kappa shape index (κ3) is 2.23. The lowest BCUT2D eigenvalue weighted by atomic mass is 10.0. The number of halogens is 2. The molecule has 1 aliphatic rings. The van der Waals surface area contributed by atoms with Gasteiger partial charge in [-0.05, 0) is 20.2 Å². The second kappa shape index (κ2) is 4.47. The maximum atomic E-state index is 13.7. The van der Waals surface area contributed by atoms with Crippen molar-refractivity contribution >= 4 is 0 Å². The smallest absolute Gasteiger partial charge is 0.130 e. The van der Waals surface area contributed by atoms with Gasteiger partial charge >= 0.3 is 0 Å². The van der Waals surface area contributed by atoms with Crippen LogP contribution in [0.2, 0.25) is 0 Å². The summed E-state index contributed by atoms with van der Waals surface area (Å²) in [7, 11) is 3.99. The maximum absolute atomic E-state index is 13.7. The van der Waals surface area contributed by atoms with Crippen LogP contribution in [0.5, 0.6) is 0 Å². The summed E-state index contributed by atoms with van der Waals surface area (Å²) in [5.41, 5.74) is 0.579. The molecule has 0 aliphatic carbocycles. The van der Waals surface area contributed by atoms with Crippen LogP contribution in [0.3, 0.4) is 0 Å². The van der Waals surface area contributed by atoms with Crippen molar-refractivity contribution in [2.75, 3.05) is 33.7 Å². The molecule has 1 fully saturated rings. The van der Waals surface area contributed by atoms with Gasteiger partial charge in [0.1, 0.15) is 11.6 Å². The molecule has 1 aliphatic heterocycles. The van der Waals surface area contributed by atoms with E-state index in [1.54, 1.807) is 6.07 Å². The number of nitrogens with zero attached hydrogens (tertiary/aromatic N) is 2. The second-order valence-electron chi connectivity index (χ2n) is 4.42. The Hall–Kier alpha value is -1.00. The summed E-state index contributed by atoms with van der Waals surface area (Å²) in [6.07, 6.45) is 0. The number of hydrogen-bond donors (Lipinski definition) is 0. The molecule has 4 heteroatoms. The van der Waals surface area contributed by atoms with Crippen molar-refractivity contribution in [1.29, 1.82) is 0 Å². The molecule has 88 valence electrons. The molecule has 1 saturated heterocycles. The Kier molecular flexibility index (Phi) is 3.21. The van der Waals surface area contributed by atoms with E-state index in [4.69, 9.17) is 0 Å². The van der Waals surface area contributed by atoms with Gasteiger partial charge in [-0.1, -0.05) is 6.07 Å². The Balaban J connectivity index is 2.28. The highest BCUT2D eigenvalue weighted by Gasteiger charge is 2.25. The normalized spacial score (nSPS) is 23.6. The summed E-state index contributed by atoms with van der Waals surface area (Å²) in [4.78, 5) is 4.27. The molecular formula is C12H16F2N2. The van der Waals surface area contributed by atoms with Gasteiger partial charge in [0.15, 0.2) is 0 Å². The zero-order chi connectivity index (χ0) is 11.7. The van der Waals surface area contributed by atoms with Crippen LogP contribution >= 0.6 is 0 Å². The van der Waals surface area contributed by atoms with E-state index in [2.05, 4.69) is 9.80 Å². The van der Waals surface area contributed by atoms with Crippen molar-refractivity contribution in [2.24, 2.45) is 0 Å². The van der Waals surface area contributed by atoms with Crippen LogP contribution in [-0.4, -0.2) is 43.5 Å². The fourth-order valence-corrected chi connectivity index (χ4v) is 2.12. The van der Waals surface area contributed by atoms with Crippen molar-refractivity contribution in [3.05, 3.63) is 35.4 Å². The van der Waals surface area contributed by atoms with Crippen LogP contribution in [0.15, 0.2) is 18.2 Å². The fourth-order valence-electron chi connectivity index (χ4n) is 2.12. The summed E-state index contributed by atoms with van der Waals surface area (Å²) in [6.45, 7) is 2.66. The number of hydrogen-bond acceptors (Lipinski definition) is 2. The fraction of sp³-hybridized carbons (Fsp3) is 0.500. The summed E-state index contributed by atoms with van der Waals surface area (Å²) < 4.78 is 26.5. The van der Waals surface area contributed by atoms with Crippen molar-refractivity contribution in [2.45, 2.75) is 6.04 Å². The molecule has 1 heterocycles. The van der Waals surface area contributed by atoms with Crippen LogP contribution in [0.1, 0.15) is 11.6 Å². The first-order chi connectivity index (χ1) is 7.58. The summed E-state index contributed by atoms with van der Waals surface area (Å²) >= 11 is 0. The van der Waals surface area contributed by atoms with Gasteiger partial charge in [0.05, 0.1) is 6.04 Å². The number of benzene rings is 1. The predicted molar refractivity (Wildman–Crippen MR) is 59.2 cm³/mol. The first kappa shape index (κ1) is 11.5. The molecule has 16 heavy (non-hydrogen) atoms. The first-order valence-electron chi connectivity index (χ1n) is 5.41. The second-order valence-corrected chi connectivity index (χ2v) is 4.42. The van der Waals surface area contributed by atoms with Gasteiger partial charge in [0.25, 0.3) is 0 Å². The minimum absolute atomic E-state index is 0.0133. The first-order valence-corrected chi connectivity index (χ1v) is 5.41. The van der Waals surface area contributed by atoms with Gasteiger partial charge in [0, 0.05) is 31.3 Å².